The van der Waals surface area contributed by atoms with E-state index in [2.05, 4.69) is 28.6 Å². The highest BCUT2D eigenvalue weighted by molar-refractivity contribution is 7.80. The maximum absolute atomic E-state index is 13.1. The van der Waals surface area contributed by atoms with Gasteiger partial charge in [0, 0.05) is 12.2 Å². The van der Waals surface area contributed by atoms with Crippen molar-refractivity contribution in [2.45, 2.75) is 56.3 Å². The van der Waals surface area contributed by atoms with Crippen molar-refractivity contribution < 1.29 is 34.5 Å². The molecule has 0 spiro atoms. The largest absolute Gasteiger partial charge is 0.508 e. The first-order chi connectivity index (χ1) is 19.0. The van der Waals surface area contributed by atoms with Crippen LogP contribution in [0.25, 0.3) is 0 Å². The molecule has 0 saturated heterocycles. The first kappa shape index (κ1) is 32.4. The van der Waals surface area contributed by atoms with Crippen LogP contribution in [0, 0.1) is 0 Å². The number of carboxylic acid groups (broad SMARTS) is 1. The van der Waals surface area contributed by atoms with Crippen molar-refractivity contribution in [3.63, 3.8) is 0 Å². The van der Waals surface area contributed by atoms with Gasteiger partial charge in [0.15, 0.2) is 0 Å². The lowest BCUT2D eigenvalue weighted by atomic mass is 10.0. The minimum atomic E-state index is -1.30. The normalized spacial score (nSPS) is 13.9. The van der Waals surface area contributed by atoms with Gasteiger partial charge in [0.25, 0.3) is 0 Å². The first-order valence-corrected chi connectivity index (χ1v) is 13.4. The van der Waals surface area contributed by atoms with Crippen LogP contribution in [-0.4, -0.2) is 75.5 Å². The monoisotopic (exact) mass is 575 g/mol. The molecule has 40 heavy (non-hydrogen) atoms. The number of amides is 3. The van der Waals surface area contributed by atoms with Crippen molar-refractivity contribution in [2.75, 3.05) is 12.3 Å². The molecule has 0 aromatic heterocycles. The number of carbonyl (C=O) groups excluding carboxylic acids is 3. The molecule has 0 aliphatic rings. The van der Waals surface area contributed by atoms with Crippen LogP contribution in [0.3, 0.4) is 0 Å². The summed E-state index contributed by atoms with van der Waals surface area (Å²) in [5, 5.41) is 36.0. The van der Waals surface area contributed by atoms with Crippen LogP contribution < -0.4 is 27.4 Å². The maximum Gasteiger partial charge on any atom is 0.326 e. The molecular weight excluding hydrogens is 538 g/mol. The third-order valence-corrected chi connectivity index (χ3v) is 6.48. The lowest BCUT2D eigenvalue weighted by molar-refractivity contribution is -0.142. The molecule has 0 saturated carbocycles. The van der Waals surface area contributed by atoms with Gasteiger partial charge in [0.2, 0.25) is 17.7 Å². The van der Waals surface area contributed by atoms with Gasteiger partial charge in [-0.15, -0.1) is 0 Å². The van der Waals surface area contributed by atoms with E-state index in [1.165, 1.54) is 36.4 Å². The molecule has 0 radical (unpaired) electrons. The van der Waals surface area contributed by atoms with Gasteiger partial charge in [-0.1, -0.05) is 24.3 Å². The van der Waals surface area contributed by atoms with Crippen LogP contribution in [0.2, 0.25) is 0 Å². The summed E-state index contributed by atoms with van der Waals surface area (Å²) < 4.78 is 0. The zero-order valence-electron chi connectivity index (χ0n) is 22.0. The summed E-state index contributed by atoms with van der Waals surface area (Å²) in [6, 6.07) is 7.63. The van der Waals surface area contributed by atoms with Crippen LogP contribution in [0.5, 0.6) is 11.5 Å². The summed E-state index contributed by atoms with van der Waals surface area (Å²) in [6.07, 6.45) is 1.48. The van der Waals surface area contributed by atoms with Crippen LogP contribution in [0.15, 0.2) is 48.5 Å². The van der Waals surface area contributed by atoms with Gasteiger partial charge in [-0.2, -0.15) is 12.6 Å². The number of hydrogen-bond donors (Lipinski definition) is 9. The Balaban J connectivity index is 2.05. The van der Waals surface area contributed by atoms with Crippen LogP contribution >= 0.6 is 12.6 Å². The van der Waals surface area contributed by atoms with Gasteiger partial charge in [-0.05, 0) is 67.6 Å². The highest BCUT2D eigenvalue weighted by atomic mass is 32.1. The summed E-state index contributed by atoms with van der Waals surface area (Å²) in [4.78, 5) is 50.6. The number of nitrogens with two attached hydrogens (primary N) is 2. The van der Waals surface area contributed by atoms with Crippen molar-refractivity contribution >= 4 is 36.3 Å². The Morgan fingerprint density at radius 1 is 0.725 bits per heavy atom. The average molecular weight is 576 g/mol. The molecule has 0 aliphatic heterocycles. The Morgan fingerprint density at radius 3 is 1.70 bits per heavy atom. The van der Waals surface area contributed by atoms with E-state index in [0.717, 1.165) is 5.56 Å². The Labute approximate surface area is 237 Å². The second-order valence-electron chi connectivity index (χ2n) is 9.34. The van der Waals surface area contributed by atoms with E-state index in [-0.39, 0.29) is 36.5 Å². The number of hydrogen-bond acceptors (Lipinski definition) is 9. The van der Waals surface area contributed by atoms with Crippen molar-refractivity contribution in [1.29, 1.82) is 0 Å². The smallest absolute Gasteiger partial charge is 0.326 e. The van der Waals surface area contributed by atoms with E-state index in [4.69, 9.17) is 11.5 Å². The fourth-order valence-corrected chi connectivity index (χ4v) is 4.08. The van der Waals surface area contributed by atoms with Crippen molar-refractivity contribution in [3.8, 4) is 11.5 Å². The summed E-state index contributed by atoms with van der Waals surface area (Å²) in [5.74, 6) is -3.30. The molecule has 3 amide bonds. The van der Waals surface area contributed by atoms with E-state index >= 15 is 0 Å². The van der Waals surface area contributed by atoms with E-state index in [0.29, 0.717) is 24.9 Å². The molecule has 2 rings (SSSR count). The molecule has 10 N–H and O–H groups in total. The fraction of sp³-hybridized carbons (Fsp3) is 0.407. The van der Waals surface area contributed by atoms with E-state index in [9.17, 15) is 34.5 Å². The molecule has 12 nitrogen and oxygen atoms in total. The summed E-state index contributed by atoms with van der Waals surface area (Å²) in [7, 11) is 0. The molecule has 0 aliphatic carbocycles. The van der Waals surface area contributed by atoms with Crippen LogP contribution in [0.4, 0.5) is 0 Å². The quantitative estimate of drug-likeness (QED) is 0.0955. The fourth-order valence-electron chi connectivity index (χ4n) is 3.83. The SMILES string of the molecule is NCCCCC(NC(=O)C(N)Cc1ccc(O)cc1)C(=O)NC(CS)C(=O)NC(Cc1ccc(O)cc1)C(=O)O. The number of nitrogens with one attached hydrogen (secondary N) is 3. The zero-order chi connectivity index (χ0) is 29.7. The standard InChI is InChI=1S/C27H37N5O7S/c28-12-2-1-3-21(30-24(35)20(29)13-16-4-8-18(33)9-5-16)25(36)32-23(15-40)26(37)31-22(27(38)39)14-17-6-10-19(34)11-7-17/h4-11,20-23,33-34,40H,1-3,12-15,28-29H2,(H,30,35)(H,31,37)(H,32,36)(H,38,39). The molecular formula is C27H37N5O7S. The molecule has 0 heterocycles. The highest BCUT2D eigenvalue weighted by Gasteiger charge is 2.29. The van der Waals surface area contributed by atoms with Gasteiger partial charge in [-0.25, -0.2) is 4.79 Å². The number of carboxylic acids is 1. The third-order valence-electron chi connectivity index (χ3n) is 6.11. The van der Waals surface area contributed by atoms with Crippen molar-refractivity contribution in [2.24, 2.45) is 11.5 Å². The molecule has 2 aromatic rings. The third kappa shape index (κ3) is 10.8. The number of unbranched alkanes of at least 4 members (excludes halogenated alkanes) is 1. The Hall–Kier alpha value is -3.81. The highest BCUT2D eigenvalue weighted by Crippen LogP contribution is 2.13. The molecule has 0 fully saturated rings. The van der Waals surface area contributed by atoms with E-state index in [1.807, 2.05) is 0 Å². The Kier molecular flexibility index (Phi) is 13.2. The zero-order valence-corrected chi connectivity index (χ0v) is 22.8. The Bertz CT molecular complexity index is 1130. The lowest BCUT2D eigenvalue weighted by Crippen LogP contribution is -2.58. The summed E-state index contributed by atoms with van der Waals surface area (Å²) in [5.41, 5.74) is 12.9. The number of aliphatic carboxylic acids is 1. The van der Waals surface area contributed by atoms with Gasteiger partial charge in [0.1, 0.15) is 29.6 Å². The van der Waals surface area contributed by atoms with Crippen LogP contribution in [0.1, 0.15) is 30.4 Å². The molecule has 2 aromatic carbocycles. The second-order valence-corrected chi connectivity index (χ2v) is 9.70. The first-order valence-electron chi connectivity index (χ1n) is 12.8. The summed E-state index contributed by atoms with van der Waals surface area (Å²) in [6.45, 7) is 0.391. The van der Waals surface area contributed by atoms with Gasteiger partial charge >= 0.3 is 5.97 Å². The minimum Gasteiger partial charge on any atom is -0.508 e. The maximum atomic E-state index is 13.1. The average Bonchev–Trinajstić information content (AvgIpc) is 2.92. The molecule has 4 atom stereocenters. The van der Waals surface area contributed by atoms with Gasteiger partial charge in [0.05, 0.1) is 6.04 Å². The minimum absolute atomic E-state index is 0.0203. The number of rotatable bonds is 16. The number of thiol groups is 1. The predicted octanol–water partition coefficient (Wildman–Crippen LogP) is -0.192. The van der Waals surface area contributed by atoms with Gasteiger partial charge in [-0.3, -0.25) is 14.4 Å². The molecule has 4 unspecified atom stereocenters. The number of phenols is 2. The Morgan fingerprint density at radius 2 is 1.20 bits per heavy atom. The second kappa shape index (κ2) is 16.3. The number of benzene rings is 2. The lowest BCUT2D eigenvalue weighted by Gasteiger charge is -2.24. The number of carbonyl (C=O) groups is 4. The summed E-state index contributed by atoms with van der Waals surface area (Å²) >= 11 is 4.14. The number of aromatic hydroxyl groups is 2. The van der Waals surface area contributed by atoms with E-state index in [1.54, 1.807) is 12.1 Å². The van der Waals surface area contributed by atoms with Crippen molar-refractivity contribution in [1.82, 2.24) is 16.0 Å². The topological polar surface area (TPSA) is 217 Å². The molecule has 0 bridgehead atoms. The number of phenolic OH excluding ortho intramolecular Hbond substituents is 2. The molecule has 218 valence electrons. The molecule has 13 heteroatoms. The van der Waals surface area contributed by atoms with E-state index < -0.39 is 47.9 Å². The van der Waals surface area contributed by atoms with Crippen LogP contribution in [-0.2, 0) is 32.0 Å². The van der Waals surface area contributed by atoms with Gasteiger partial charge < -0.3 is 42.7 Å². The van der Waals surface area contributed by atoms with Crippen molar-refractivity contribution in [3.05, 3.63) is 59.7 Å². The predicted molar refractivity (Wildman–Crippen MR) is 152 cm³/mol.